The van der Waals surface area contributed by atoms with Gasteiger partial charge < -0.3 is 10.2 Å². The summed E-state index contributed by atoms with van der Waals surface area (Å²) in [6.07, 6.45) is 6.28. The van der Waals surface area contributed by atoms with Gasteiger partial charge in [0, 0.05) is 31.0 Å². The maximum absolute atomic E-state index is 14.4. The van der Waals surface area contributed by atoms with E-state index in [2.05, 4.69) is 20.3 Å². The minimum Gasteiger partial charge on any atom is -0.349 e. The van der Waals surface area contributed by atoms with Gasteiger partial charge in [-0.2, -0.15) is 0 Å². The van der Waals surface area contributed by atoms with Gasteiger partial charge in [0.2, 0.25) is 0 Å². The van der Waals surface area contributed by atoms with Crippen LogP contribution >= 0.6 is 0 Å². The van der Waals surface area contributed by atoms with Crippen LogP contribution in [0.5, 0.6) is 0 Å². The summed E-state index contributed by atoms with van der Waals surface area (Å²) >= 11 is 0. The molecule has 0 spiro atoms. The molecule has 4 aromatic rings. The third kappa shape index (κ3) is 3.77. The molecule has 7 nitrogen and oxygen atoms in total. The standard InChI is InChI=1S/C23H20F2N6O/c24-16-5-6-18(25)17(11-16)20-4-2-10-30(20)21-8-7-19-22(29-21)31(14-28-19)23(32)27-13-15-3-1-9-26-12-15/h1,3,5-9,11-12,14,20H,2,4,10,13H2,(H,27,32)/t20-/m1/s1. The van der Waals surface area contributed by atoms with Crippen molar-refractivity contribution in [3.63, 3.8) is 0 Å². The highest BCUT2D eigenvalue weighted by Gasteiger charge is 2.30. The number of aromatic nitrogens is 4. The first kappa shape index (κ1) is 20.0. The van der Waals surface area contributed by atoms with Crippen LogP contribution < -0.4 is 10.2 Å². The number of carbonyl (C=O) groups excluding carboxylic acids is 1. The molecule has 1 saturated heterocycles. The topological polar surface area (TPSA) is 75.9 Å². The van der Waals surface area contributed by atoms with Gasteiger partial charge in [0.05, 0.1) is 6.04 Å². The Morgan fingerprint density at radius 3 is 2.94 bits per heavy atom. The van der Waals surface area contributed by atoms with Crippen molar-refractivity contribution < 1.29 is 13.6 Å². The monoisotopic (exact) mass is 434 g/mol. The lowest BCUT2D eigenvalue weighted by Gasteiger charge is -2.26. The lowest BCUT2D eigenvalue weighted by Crippen LogP contribution is -2.28. The summed E-state index contributed by atoms with van der Waals surface area (Å²) in [7, 11) is 0. The third-order valence-electron chi connectivity index (χ3n) is 5.63. The molecular weight excluding hydrogens is 414 g/mol. The van der Waals surface area contributed by atoms with E-state index in [0.29, 0.717) is 42.1 Å². The Kier molecular flexibility index (Phi) is 5.22. The van der Waals surface area contributed by atoms with Crippen LogP contribution in [0, 0.1) is 11.6 Å². The maximum Gasteiger partial charge on any atom is 0.328 e. The van der Waals surface area contributed by atoms with Crippen molar-refractivity contribution in [2.45, 2.75) is 25.4 Å². The summed E-state index contributed by atoms with van der Waals surface area (Å²) in [6, 6.07) is 10.1. The highest BCUT2D eigenvalue weighted by atomic mass is 19.1. The molecule has 162 valence electrons. The number of amides is 1. The highest BCUT2D eigenvalue weighted by molar-refractivity contribution is 5.87. The first-order valence-electron chi connectivity index (χ1n) is 10.3. The van der Waals surface area contributed by atoms with Gasteiger partial charge in [-0.3, -0.25) is 4.98 Å². The predicted octanol–water partition coefficient (Wildman–Crippen LogP) is 4.20. The number of fused-ring (bicyclic) bond motifs is 1. The number of anilines is 1. The average Bonchev–Trinajstić information content (AvgIpc) is 3.46. The smallest absolute Gasteiger partial charge is 0.328 e. The molecule has 5 rings (SSSR count). The Morgan fingerprint density at radius 1 is 1.19 bits per heavy atom. The molecule has 0 bridgehead atoms. The van der Waals surface area contributed by atoms with Gasteiger partial charge in [0.1, 0.15) is 29.3 Å². The predicted molar refractivity (Wildman–Crippen MR) is 115 cm³/mol. The third-order valence-corrected chi connectivity index (χ3v) is 5.63. The van der Waals surface area contributed by atoms with Gasteiger partial charge in [0.25, 0.3) is 0 Å². The molecule has 1 N–H and O–H groups in total. The van der Waals surface area contributed by atoms with Gasteiger partial charge >= 0.3 is 6.03 Å². The Bertz CT molecular complexity index is 1280. The summed E-state index contributed by atoms with van der Waals surface area (Å²) in [6.45, 7) is 0.972. The van der Waals surface area contributed by atoms with Crippen LogP contribution in [0.4, 0.5) is 19.4 Å². The van der Waals surface area contributed by atoms with E-state index in [9.17, 15) is 13.6 Å². The number of hydrogen-bond acceptors (Lipinski definition) is 5. The quantitative estimate of drug-likeness (QED) is 0.521. The Labute approximate surface area is 182 Å². The molecule has 4 heterocycles. The molecule has 0 unspecified atom stereocenters. The van der Waals surface area contributed by atoms with Crippen LogP contribution in [0.3, 0.4) is 0 Å². The molecule has 1 aromatic carbocycles. The number of carbonyl (C=O) groups is 1. The Balaban J connectivity index is 1.43. The zero-order valence-electron chi connectivity index (χ0n) is 17.1. The second-order valence-corrected chi connectivity index (χ2v) is 7.66. The number of pyridine rings is 2. The van der Waals surface area contributed by atoms with Gasteiger partial charge in [-0.15, -0.1) is 0 Å². The lowest BCUT2D eigenvalue weighted by molar-refractivity contribution is 0.242. The molecule has 1 fully saturated rings. The minimum atomic E-state index is -0.472. The zero-order valence-corrected chi connectivity index (χ0v) is 17.1. The van der Waals surface area contributed by atoms with E-state index < -0.39 is 11.6 Å². The van der Waals surface area contributed by atoms with Crippen molar-refractivity contribution in [1.29, 1.82) is 0 Å². The summed E-state index contributed by atoms with van der Waals surface area (Å²) in [5, 5.41) is 2.83. The fourth-order valence-corrected chi connectivity index (χ4v) is 4.09. The fraction of sp³-hybridized carbons (Fsp3) is 0.217. The second-order valence-electron chi connectivity index (χ2n) is 7.66. The Morgan fingerprint density at radius 2 is 2.09 bits per heavy atom. The molecule has 1 amide bonds. The molecular formula is C23H20F2N6O. The van der Waals surface area contributed by atoms with Gasteiger partial charge in [-0.05, 0) is 54.8 Å². The number of imidazole rings is 1. The van der Waals surface area contributed by atoms with E-state index in [1.165, 1.54) is 17.0 Å². The number of hydrogen-bond donors (Lipinski definition) is 1. The van der Waals surface area contributed by atoms with Crippen molar-refractivity contribution in [2.24, 2.45) is 0 Å². The summed E-state index contributed by atoms with van der Waals surface area (Å²) in [4.78, 5) is 27.6. The van der Waals surface area contributed by atoms with Crippen molar-refractivity contribution in [2.75, 3.05) is 11.4 Å². The normalized spacial score (nSPS) is 15.9. The van der Waals surface area contributed by atoms with Gasteiger partial charge in [-0.1, -0.05) is 6.07 Å². The number of nitrogens with zero attached hydrogens (tertiary/aromatic N) is 5. The largest absolute Gasteiger partial charge is 0.349 e. The Hall–Kier alpha value is -3.88. The molecule has 0 saturated carbocycles. The first-order chi connectivity index (χ1) is 15.6. The van der Waals surface area contributed by atoms with Crippen LogP contribution in [-0.2, 0) is 6.54 Å². The SMILES string of the molecule is O=C(NCc1cccnc1)n1cnc2ccc(N3CCC[C@@H]3c3cc(F)ccc3F)nc21. The zero-order chi connectivity index (χ0) is 22.1. The number of benzene rings is 1. The van der Waals surface area contributed by atoms with Crippen molar-refractivity contribution in [3.05, 3.63) is 83.9 Å². The molecule has 9 heteroatoms. The number of rotatable bonds is 4. The van der Waals surface area contributed by atoms with Crippen LogP contribution in [-0.4, -0.2) is 32.1 Å². The lowest BCUT2D eigenvalue weighted by atomic mass is 10.0. The fourth-order valence-electron chi connectivity index (χ4n) is 4.09. The number of nitrogens with one attached hydrogen (secondary N) is 1. The van der Waals surface area contributed by atoms with Crippen molar-refractivity contribution in [3.8, 4) is 0 Å². The second kappa shape index (κ2) is 8.33. The molecule has 1 atom stereocenters. The molecule has 32 heavy (non-hydrogen) atoms. The van der Waals surface area contributed by atoms with Crippen LogP contribution in [0.15, 0.2) is 61.2 Å². The first-order valence-corrected chi connectivity index (χ1v) is 10.3. The van der Waals surface area contributed by atoms with Gasteiger partial charge in [-0.25, -0.2) is 28.1 Å². The van der Waals surface area contributed by atoms with E-state index in [-0.39, 0.29) is 12.1 Å². The van der Waals surface area contributed by atoms with E-state index in [0.717, 1.165) is 24.1 Å². The summed E-state index contributed by atoms with van der Waals surface area (Å²) in [5.74, 6) is -0.324. The minimum absolute atomic E-state index is 0.312. The molecule has 1 aliphatic rings. The van der Waals surface area contributed by atoms with E-state index in [1.54, 1.807) is 30.6 Å². The molecule has 0 radical (unpaired) electrons. The maximum atomic E-state index is 14.4. The van der Waals surface area contributed by atoms with Crippen molar-refractivity contribution in [1.82, 2.24) is 24.8 Å². The molecule has 1 aliphatic heterocycles. The highest BCUT2D eigenvalue weighted by Crippen LogP contribution is 2.37. The van der Waals surface area contributed by atoms with E-state index in [1.807, 2.05) is 11.0 Å². The molecule has 0 aliphatic carbocycles. The van der Waals surface area contributed by atoms with Crippen LogP contribution in [0.25, 0.3) is 11.2 Å². The van der Waals surface area contributed by atoms with E-state index >= 15 is 0 Å². The summed E-state index contributed by atoms with van der Waals surface area (Å²) < 4.78 is 29.5. The summed E-state index contributed by atoms with van der Waals surface area (Å²) in [5.41, 5.74) is 2.15. The van der Waals surface area contributed by atoms with Crippen LogP contribution in [0.1, 0.15) is 30.0 Å². The van der Waals surface area contributed by atoms with Crippen molar-refractivity contribution >= 4 is 23.0 Å². The van der Waals surface area contributed by atoms with Gasteiger partial charge in [0.15, 0.2) is 5.65 Å². The molecule has 3 aromatic heterocycles. The number of halogens is 2. The van der Waals surface area contributed by atoms with E-state index in [4.69, 9.17) is 0 Å². The van der Waals surface area contributed by atoms with Crippen LogP contribution in [0.2, 0.25) is 0 Å². The average molecular weight is 434 g/mol.